The Balaban J connectivity index is 2.66. The Morgan fingerprint density at radius 2 is 1.90 bits per heavy atom. The van der Waals surface area contributed by atoms with Crippen LogP contribution in [0.5, 0.6) is 5.88 Å². The van der Waals surface area contributed by atoms with Crippen LogP contribution >= 0.6 is 0 Å². The molecular weight excluding hydrogens is 370 g/mol. The number of carbonyl (C=O) groups is 1. The van der Waals surface area contributed by atoms with Gasteiger partial charge in [-0.2, -0.15) is 5.10 Å². The average Bonchev–Trinajstić information content (AvgIpc) is 3.02. The highest BCUT2D eigenvalue weighted by Gasteiger charge is 2.27. The molecule has 0 bridgehead atoms. The minimum absolute atomic E-state index is 0.00159. The van der Waals surface area contributed by atoms with E-state index in [2.05, 4.69) is 18.9 Å². The van der Waals surface area contributed by atoms with Crippen LogP contribution in [0.3, 0.4) is 0 Å². The second-order valence-corrected chi connectivity index (χ2v) is 7.72. The number of hydrogen-bond donors (Lipinski definition) is 0. The normalized spacial score (nSPS) is 10.9. The smallest absolute Gasteiger partial charge is 0.277 e. The first-order chi connectivity index (χ1) is 13.6. The molecule has 0 saturated heterocycles. The van der Waals surface area contributed by atoms with Gasteiger partial charge in [-0.15, -0.1) is 0 Å². The summed E-state index contributed by atoms with van der Waals surface area (Å²) in [7, 11) is 0. The van der Waals surface area contributed by atoms with Crippen molar-refractivity contribution in [1.82, 2.24) is 9.78 Å². The lowest BCUT2D eigenvalue weighted by Gasteiger charge is -2.14. The third-order valence-electron chi connectivity index (χ3n) is 4.86. The van der Waals surface area contributed by atoms with Crippen LogP contribution in [-0.2, 0) is 6.54 Å². The van der Waals surface area contributed by atoms with E-state index in [9.17, 15) is 14.9 Å². The van der Waals surface area contributed by atoms with Gasteiger partial charge in [0.2, 0.25) is 5.88 Å². The van der Waals surface area contributed by atoms with Gasteiger partial charge in [0.15, 0.2) is 5.78 Å². The maximum Gasteiger partial charge on any atom is 0.277 e. The van der Waals surface area contributed by atoms with Gasteiger partial charge in [-0.1, -0.05) is 19.4 Å². The number of nitro benzene ring substituents is 1. The van der Waals surface area contributed by atoms with E-state index in [1.54, 1.807) is 11.6 Å². The third kappa shape index (κ3) is 4.55. The monoisotopic (exact) mass is 399 g/mol. The van der Waals surface area contributed by atoms with Gasteiger partial charge in [0.1, 0.15) is 5.56 Å². The molecule has 0 atom stereocenters. The van der Waals surface area contributed by atoms with Crippen LogP contribution in [0, 0.1) is 23.0 Å². The fourth-order valence-electron chi connectivity index (χ4n) is 3.26. The Bertz CT molecular complexity index is 967. The number of allylic oxidation sites excluding steroid dienone is 2. The van der Waals surface area contributed by atoms with Crippen molar-refractivity contribution < 1.29 is 14.5 Å². The standard InChI is InChI=1S/C22H29N3O4/c1-8-29-22-18(11-23-24(22)12-13(2)3)21(26)17-9-10-19(25(27)28)20(16(17)7)15(6)14(4)5/h9-11,13H,8,12H2,1-7H3. The first-order valence-corrected chi connectivity index (χ1v) is 9.75. The van der Waals surface area contributed by atoms with Crippen molar-refractivity contribution >= 4 is 17.0 Å². The lowest BCUT2D eigenvalue weighted by molar-refractivity contribution is -0.385. The molecule has 0 radical (unpaired) electrons. The second kappa shape index (κ2) is 9.03. The molecule has 1 aromatic carbocycles. The van der Waals surface area contributed by atoms with E-state index >= 15 is 0 Å². The Morgan fingerprint density at radius 1 is 1.24 bits per heavy atom. The number of ether oxygens (including phenoxy) is 1. The Kier molecular flexibility index (Phi) is 6.95. The number of aromatic nitrogens is 2. The molecule has 7 nitrogen and oxygen atoms in total. The number of nitrogens with zero attached hydrogens (tertiary/aromatic N) is 3. The summed E-state index contributed by atoms with van der Waals surface area (Å²) in [4.78, 5) is 24.5. The highest BCUT2D eigenvalue weighted by atomic mass is 16.6. The van der Waals surface area contributed by atoms with Gasteiger partial charge in [-0.3, -0.25) is 14.9 Å². The van der Waals surface area contributed by atoms with Crippen molar-refractivity contribution in [1.29, 1.82) is 0 Å². The molecule has 29 heavy (non-hydrogen) atoms. The molecule has 0 aliphatic carbocycles. The first kappa shape index (κ1) is 22.3. The summed E-state index contributed by atoms with van der Waals surface area (Å²) in [5, 5.41) is 15.9. The SMILES string of the molecule is CCOc1c(C(=O)c2ccc([N+](=O)[O-])c(C(C)=C(C)C)c2C)cnn1CC(C)C. The van der Waals surface area contributed by atoms with Crippen LogP contribution < -0.4 is 4.74 Å². The zero-order chi connectivity index (χ0) is 21.9. The van der Waals surface area contributed by atoms with Crippen molar-refractivity contribution in [2.75, 3.05) is 6.61 Å². The predicted octanol–water partition coefficient (Wildman–Crippen LogP) is 5.20. The molecule has 0 saturated carbocycles. The largest absolute Gasteiger partial charge is 0.478 e. The summed E-state index contributed by atoms with van der Waals surface area (Å²) in [6.45, 7) is 14.4. The van der Waals surface area contributed by atoms with Crippen LogP contribution in [0.4, 0.5) is 5.69 Å². The van der Waals surface area contributed by atoms with E-state index in [-0.39, 0.29) is 11.5 Å². The van der Waals surface area contributed by atoms with Crippen LogP contribution in [-0.4, -0.2) is 27.1 Å². The molecule has 0 unspecified atom stereocenters. The van der Waals surface area contributed by atoms with Crippen molar-refractivity contribution in [2.24, 2.45) is 5.92 Å². The minimum Gasteiger partial charge on any atom is -0.478 e. The molecule has 1 aromatic heterocycles. The Hall–Kier alpha value is -2.96. The third-order valence-corrected chi connectivity index (χ3v) is 4.86. The topological polar surface area (TPSA) is 87.3 Å². The highest BCUT2D eigenvalue weighted by molar-refractivity contribution is 6.12. The Morgan fingerprint density at radius 3 is 2.41 bits per heavy atom. The van der Waals surface area contributed by atoms with Gasteiger partial charge in [0.25, 0.3) is 5.69 Å². The molecule has 2 rings (SSSR count). The average molecular weight is 399 g/mol. The van der Waals surface area contributed by atoms with E-state index in [0.29, 0.717) is 47.2 Å². The summed E-state index contributed by atoms with van der Waals surface area (Å²) in [6.07, 6.45) is 1.52. The van der Waals surface area contributed by atoms with Crippen molar-refractivity contribution in [3.05, 3.63) is 56.3 Å². The van der Waals surface area contributed by atoms with Gasteiger partial charge in [0, 0.05) is 18.2 Å². The maximum atomic E-state index is 13.4. The molecule has 0 spiro atoms. The van der Waals surface area contributed by atoms with E-state index in [1.165, 1.54) is 18.3 Å². The molecule has 1 heterocycles. The number of benzene rings is 1. The molecule has 0 amide bonds. The maximum absolute atomic E-state index is 13.4. The van der Waals surface area contributed by atoms with Crippen molar-refractivity contribution in [3.63, 3.8) is 0 Å². The first-order valence-electron chi connectivity index (χ1n) is 9.75. The van der Waals surface area contributed by atoms with Gasteiger partial charge in [0.05, 0.1) is 23.3 Å². The molecule has 2 aromatic rings. The van der Waals surface area contributed by atoms with Gasteiger partial charge >= 0.3 is 0 Å². The number of nitro groups is 1. The number of rotatable bonds is 8. The van der Waals surface area contributed by atoms with Crippen LogP contribution in [0.25, 0.3) is 5.57 Å². The van der Waals surface area contributed by atoms with Gasteiger partial charge in [-0.05, 0) is 57.7 Å². The van der Waals surface area contributed by atoms with Gasteiger partial charge < -0.3 is 4.74 Å². The van der Waals surface area contributed by atoms with E-state index < -0.39 is 4.92 Å². The Labute approximate surface area is 171 Å². The van der Waals surface area contributed by atoms with Crippen LogP contribution in [0.15, 0.2) is 23.9 Å². The lowest BCUT2D eigenvalue weighted by atomic mass is 9.90. The number of hydrogen-bond acceptors (Lipinski definition) is 5. The fraction of sp³-hybridized carbons (Fsp3) is 0.455. The predicted molar refractivity (Wildman–Crippen MR) is 113 cm³/mol. The lowest BCUT2D eigenvalue weighted by Crippen LogP contribution is -2.12. The molecule has 0 aliphatic rings. The van der Waals surface area contributed by atoms with E-state index in [0.717, 1.165) is 11.1 Å². The molecule has 0 aliphatic heterocycles. The molecule has 156 valence electrons. The number of carbonyl (C=O) groups excluding carboxylic acids is 1. The van der Waals surface area contributed by atoms with E-state index in [1.807, 2.05) is 27.7 Å². The molecule has 0 N–H and O–H groups in total. The summed E-state index contributed by atoms with van der Waals surface area (Å²) < 4.78 is 7.43. The second-order valence-electron chi connectivity index (χ2n) is 7.72. The highest BCUT2D eigenvalue weighted by Crippen LogP contribution is 2.34. The fourth-order valence-corrected chi connectivity index (χ4v) is 3.26. The molecular formula is C22H29N3O4. The summed E-state index contributed by atoms with van der Waals surface area (Å²) in [5.74, 6) is 0.521. The molecule has 7 heteroatoms. The zero-order valence-electron chi connectivity index (χ0n) is 18.2. The van der Waals surface area contributed by atoms with Gasteiger partial charge in [-0.25, -0.2) is 4.68 Å². The minimum atomic E-state index is -0.407. The summed E-state index contributed by atoms with van der Waals surface area (Å²) in [6, 6.07) is 2.92. The zero-order valence-corrected chi connectivity index (χ0v) is 18.2. The quantitative estimate of drug-likeness (QED) is 0.346. The summed E-state index contributed by atoms with van der Waals surface area (Å²) >= 11 is 0. The van der Waals surface area contributed by atoms with Crippen molar-refractivity contribution in [3.8, 4) is 5.88 Å². The van der Waals surface area contributed by atoms with Crippen molar-refractivity contribution in [2.45, 2.75) is 55.0 Å². The molecule has 0 fully saturated rings. The van der Waals surface area contributed by atoms with E-state index in [4.69, 9.17) is 4.74 Å². The van der Waals surface area contributed by atoms with Crippen LogP contribution in [0.1, 0.15) is 68.6 Å². The number of ketones is 1. The van der Waals surface area contributed by atoms with Crippen LogP contribution in [0.2, 0.25) is 0 Å². The summed E-state index contributed by atoms with van der Waals surface area (Å²) in [5.41, 5.74) is 3.61.